The van der Waals surface area contributed by atoms with E-state index in [4.69, 9.17) is 20.9 Å². The van der Waals surface area contributed by atoms with Crippen molar-refractivity contribution in [3.05, 3.63) is 29.1 Å². The first-order chi connectivity index (χ1) is 9.17. The van der Waals surface area contributed by atoms with Crippen LogP contribution in [0.25, 0.3) is 11.4 Å². The van der Waals surface area contributed by atoms with Crippen LogP contribution in [0.4, 0.5) is 0 Å². The van der Waals surface area contributed by atoms with Gasteiger partial charge >= 0.3 is 0 Å². The highest BCUT2D eigenvalue weighted by atomic mass is 35.5. The monoisotopic (exact) mass is 280 g/mol. The van der Waals surface area contributed by atoms with Crippen LogP contribution in [0, 0.1) is 0 Å². The molecular formula is C13H13ClN2O3. The maximum atomic E-state index is 9.29. The first-order valence-corrected chi connectivity index (χ1v) is 6.40. The first-order valence-electron chi connectivity index (χ1n) is 6.03. The van der Waals surface area contributed by atoms with Crippen molar-refractivity contribution in [1.82, 2.24) is 10.1 Å². The van der Waals surface area contributed by atoms with E-state index in [-0.39, 0.29) is 12.0 Å². The lowest BCUT2D eigenvalue weighted by atomic mass is 9.82. The van der Waals surface area contributed by atoms with Gasteiger partial charge in [0.15, 0.2) is 0 Å². The minimum atomic E-state index is -0.245. The molecule has 2 aromatic rings. The number of ether oxygens (including phenoxy) is 1. The van der Waals surface area contributed by atoms with Gasteiger partial charge in [0.05, 0.1) is 18.8 Å². The summed E-state index contributed by atoms with van der Waals surface area (Å²) in [6, 6.07) is 5.26. The van der Waals surface area contributed by atoms with Crippen LogP contribution in [-0.4, -0.2) is 28.5 Å². The Kier molecular flexibility index (Phi) is 3.16. The van der Waals surface area contributed by atoms with Crippen molar-refractivity contribution in [2.24, 2.45) is 0 Å². The topological polar surface area (TPSA) is 68.4 Å². The Hall–Kier alpha value is -1.59. The van der Waals surface area contributed by atoms with Crippen molar-refractivity contribution in [1.29, 1.82) is 0 Å². The maximum absolute atomic E-state index is 9.29. The lowest BCUT2D eigenvalue weighted by Gasteiger charge is -2.27. The van der Waals surface area contributed by atoms with Crippen molar-refractivity contribution in [2.75, 3.05) is 7.11 Å². The SMILES string of the molecule is COc1cc(Cl)ccc1-c1noc(C2CC(O)C2)n1. The molecule has 1 heterocycles. The summed E-state index contributed by atoms with van der Waals surface area (Å²) in [6.45, 7) is 0. The van der Waals surface area contributed by atoms with Crippen molar-refractivity contribution in [3.63, 3.8) is 0 Å². The van der Waals surface area contributed by atoms with E-state index in [1.165, 1.54) is 0 Å². The van der Waals surface area contributed by atoms with Gasteiger partial charge in [0, 0.05) is 10.9 Å². The van der Waals surface area contributed by atoms with Crippen LogP contribution in [-0.2, 0) is 0 Å². The third-order valence-electron chi connectivity index (χ3n) is 3.31. The standard InChI is InChI=1S/C13H13ClN2O3/c1-18-11-6-8(14)2-3-10(11)12-15-13(19-16-12)7-4-9(17)5-7/h2-3,6-7,9,17H,4-5H2,1H3. The van der Waals surface area contributed by atoms with Crippen LogP contribution in [0.15, 0.2) is 22.7 Å². The Labute approximate surface area is 115 Å². The summed E-state index contributed by atoms with van der Waals surface area (Å²) in [5.41, 5.74) is 0.738. The zero-order valence-corrected chi connectivity index (χ0v) is 11.1. The second-order valence-corrected chi connectivity index (χ2v) is 5.06. The number of hydrogen-bond donors (Lipinski definition) is 1. The summed E-state index contributed by atoms with van der Waals surface area (Å²) >= 11 is 5.91. The van der Waals surface area contributed by atoms with Gasteiger partial charge in [-0.2, -0.15) is 4.98 Å². The molecule has 1 aliphatic rings. The van der Waals surface area contributed by atoms with Crippen molar-refractivity contribution in [3.8, 4) is 17.1 Å². The van der Waals surface area contributed by atoms with E-state index < -0.39 is 0 Å². The van der Waals surface area contributed by atoms with Crippen LogP contribution < -0.4 is 4.74 Å². The zero-order valence-electron chi connectivity index (χ0n) is 10.3. The Morgan fingerprint density at radius 2 is 2.21 bits per heavy atom. The summed E-state index contributed by atoms with van der Waals surface area (Å²) in [5.74, 6) is 1.81. The number of benzene rings is 1. The summed E-state index contributed by atoms with van der Waals surface area (Å²) < 4.78 is 10.5. The van der Waals surface area contributed by atoms with Gasteiger partial charge in [0.25, 0.3) is 0 Å². The number of aromatic nitrogens is 2. The van der Waals surface area contributed by atoms with E-state index >= 15 is 0 Å². The first kappa shape index (κ1) is 12.4. The average molecular weight is 281 g/mol. The molecule has 5 nitrogen and oxygen atoms in total. The number of hydrogen-bond acceptors (Lipinski definition) is 5. The molecule has 0 amide bonds. The Balaban J connectivity index is 1.90. The van der Waals surface area contributed by atoms with Gasteiger partial charge in [-0.25, -0.2) is 0 Å². The van der Waals surface area contributed by atoms with Gasteiger partial charge in [-0.3, -0.25) is 0 Å². The fourth-order valence-electron chi connectivity index (χ4n) is 2.15. The summed E-state index contributed by atoms with van der Waals surface area (Å²) in [4.78, 5) is 4.36. The van der Waals surface area contributed by atoms with Gasteiger partial charge < -0.3 is 14.4 Å². The predicted octanol–water partition coefficient (Wildman–Crippen LogP) is 2.64. The molecule has 19 heavy (non-hydrogen) atoms. The van der Waals surface area contributed by atoms with E-state index in [1.807, 2.05) is 0 Å². The molecule has 1 saturated carbocycles. The van der Waals surface area contributed by atoms with E-state index in [2.05, 4.69) is 10.1 Å². The normalized spacial score (nSPS) is 22.1. The highest BCUT2D eigenvalue weighted by Gasteiger charge is 2.33. The van der Waals surface area contributed by atoms with Crippen LogP contribution in [0.1, 0.15) is 24.7 Å². The number of aliphatic hydroxyl groups is 1. The summed E-state index contributed by atoms with van der Waals surface area (Å²) in [5, 5.41) is 13.8. The largest absolute Gasteiger partial charge is 0.496 e. The molecular weight excluding hydrogens is 268 g/mol. The molecule has 6 heteroatoms. The Morgan fingerprint density at radius 1 is 1.42 bits per heavy atom. The van der Waals surface area contributed by atoms with Gasteiger partial charge in [-0.1, -0.05) is 16.8 Å². The van der Waals surface area contributed by atoms with Crippen molar-refractivity contribution < 1.29 is 14.4 Å². The second kappa shape index (κ2) is 4.83. The van der Waals surface area contributed by atoms with Gasteiger partial charge in [0.1, 0.15) is 5.75 Å². The highest BCUT2D eigenvalue weighted by molar-refractivity contribution is 6.30. The molecule has 0 unspecified atom stereocenters. The second-order valence-electron chi connectivity index (χ2n) is 4.62. The molecule has 1 aliphatic carbocycles. The zero-order chi connectivity index (χ0) is 13.4. The molecule has 0 aliphatic heterocycles. The molecule has 0 atom stereocenters. The number of rotatable bonds is 3. The quantitative estimate of drug-likeness (QED) is 0.936. The third kappa shape index (κ3) is 2.31. The molecule has 0 radical (unpaired) electrons. The lowest BCUT2D eigenvalue weighted by Crippen LogP contribution is -2.26. The highest BCUT2D eigenvalue weighted by Crippen LogP contribution is 2.37. The van der Waals surface area contributed by atoms with Gasteiger partial charge in [0.2, 0.25) is 11.7 Å². The molecule has 1 aromatic heterocycles. The molecule has 0 saturated heterocycles. The van der Waals surface area contributed by atoms with Gasteiger partial charge in [-0.05, 0) is 31.0 Å². The maximum Gasteiger partial charge on any atom is 0.230 e. The molecule has 1 aromatic carbocycles. The molecule has 0 bridgehead atoms. The smallest absolute Gasteiger partial charge is 0.230 e. The number of halogens is 1. The third-order valence-corrected chi connectivity index (χ3v) is 3.54. The van der Waals surface area contributed by atoms with Gasteiger partial charge in [-0.15, -0.1) is 0 Å². The lowest BCUT2D eigenvalue weighted by molar-refractivity contribution is 0.0625. The Morgan fingerprint density at radius 3 is 2.89 bits per heavy atom. The van der Waals surface area contributed by atoms with Crippen molar-refractivity contribution >= 4 is 11.6 Å². The Bertz CT molecular complexity index is 593. The fraction of sp³-hybridized carbons (Fsp3) is 0.385. The van der Waals surface area contributed by atoms with E-state index in [0.717, 1.165) is 5.56 Å². The van der Waals surface area contributed by atoms with Crippen LogP contribution in [0.5, 0.6) is 5.75 Å². The van der Waals surface area contributed by atoms with Crippen molar-refractivity contribution in [2.45, 2.75) is 24.9 Å². The average Bonchev–Trinajstić information content (AvgIpc) is 2.83. The predicted molar refractivity (Wildman–Crippen MR) is 69.3 cm³/mol. The molecule has 1 fully saturated rings. The number of nitrogens with zero attached hydrogens (tertiary/aromatic N) is 2. The van der Waals surface area contributed by atoms with E-state index in [1.54, 1.807) is 25.3 Å². The fourth-order valence-corrected chi connectivity index (χ4v) is 2.31. The van der Waals surface area contributed by atoms with Crippen LogP contribution in [0.3, 0.4) is 0 Å². The number of methoxy groups -OCH3 is 1. The van der Waals surface area contributed by atoms with E-state index in [9.17, 15) is 5.11 Å². The minimum absolute atomic E-state index is 0.162. The molecule has 100 valence electrons. The molecule has 1 N–H and O–H groups in total. The number of aliphatic hydroxyl groups excluding tert-OH is 1. The molecule has 0 spiro atoms. The summed E-state index contributed by atoms with van der Waals surface area (Å²) in [7, 11) is 1.57. The van der Waals surface area contributed by atoms with Crippen LogP contribution >= 0.6 is 11.6 Å². The minimum Gasteiger partial charge on any atom is -0.496 e. The van der Waals surface area contributed by atoms with E-state index in [0.29, 0.717) is 35.3 Å². The van der Waals surface area contributed by atoms with Crippen LogP contribution in [0.2, 0.25) is 5.02 Å². The molecule has 3 rings (SSSR count). The summed E-state index contributed by atoms with van der Waals surface area (Å²) in [6.07, 6.45) is 1.11.